The second kappa shape index (κ2) is 4.19. The van der Waals surface area contributed by atoms with Gasteiger partial charge in [-0.3, -0.25) is 0 Å². The fraction of sp³-hybridized carbons (Fsp3) is 0.250. The van der Waals surface area contributed by atoms with Crippen LogP contribution < -0.4 is 0 Å². The van der Waals surface area contributed by atoms with Gasteiger partial charge in [-0.25, -0.2) is 0 Å². The van der Waals surface area contributed by atoms with E-state index in [-0.39, 0.29) is 5.41 Å². The minimum atomic E-state index is 0.0665. The maximum atomic E-state index is 4.65. The Balaban J connectivity index is 2.22. The van der Waals surface area contributed by atoms with E-state index < -0.39 is 0 Å². The van der Waals surface area contributed by atoms with Gasteiger partial charge in [-0.2, -0.15) is 4.80 Å². The standard InChI is InChI=1S/C16H17N3/c1-16(2,3)13-10-7-11-14-15(13)18-19(17-14)12-8-5-4-6-9-12/h4-11H,1-3H3. The van der Waals surface area contributed by atoms with Gasteiger partial charge in [-0.1, -0.05) is 51.1 Å². The van der Waals surface area contributed by atoms with E-state index in [0.29, 0.717) is 0 Å². The highest BCUT2D eigenvalue weighted by Crippen LogP contribution is 2.28. The van der Waals surface area contributed by atoms with Gasteiger partial charge in [-0.15, -0.1) is 10.2 Å². The molecule has 0 spiro atoms. The molecule has 0 atom stereocenters. The van der Waals surface area contributed by atoms with Gasteiger partial charge in [-0.05, 0) is 29.2 Å². The Labute approximate surface area is 112 Å². The van der Waals surface area contributed by atoms with Gasteiger partial charge < -0.3 is 0 Å². The summed E-state index contributed by atoms with van der Waals surface area (Å²) in [5, 5.41) is 9.22. The van der Waals surface area contributed by atoms with Gasteiger partial charge >= 0.3 is 0 Å². The summed E-state index contributed by atoms with van der Waals surface area (Å²) >= 11 is 0. The summed E-state index contributed by atoms with van der Waals surface area (Å²) < 4.78 is 0. The van der Waals surface area contributed by atoms with E-state index in [9.17, 15) is 0 Å². The molecule has 1 aromatic heterocycles. The number of hydrogen-bond donors (Lipinski definition) is 0. The molecule has 0 aliphatic carbocycles. The lowest BCUT2D eigenvalue weighted by Crippen LogP contribution is -2.11. The topological polar surface area (TPSA) is 30.7 Å². The monoisotopic (exact) mass is 251 g/mol. The number of rotatable bonds is 1. The maximum absolute atomic E-state index is 4.65. The highest BCUT2D eigenvalue weighted by atomic mass is 15.5. The normalized spacial score (nSPS) is 11.9. The van der Waals surface area contributed by atoms with Gasteiger partial charge in [0.15, 0.2) is 0 Å². The van der Waals surface area contributed by atoms with Crippen LogP contribution in [0.5, 0.6) is 0 Å². The van der Waals surface area contributed by atoms with E-state index in [0.717, 1.165) is 16.7 Å². The van der Waals surface area contributed by atoms with Crippen LogP contribution in [0.2, 0.25) is 0 Å². The molecule has 0 radical (unpaired) electrons. The zero-order valence-corrected chi connectivity index (χ0v) is 11.5. The van der Waals surface area contributed by atoms with Gasteiger partial charge in [0.1, 0.15) is 11.0 Å². The Morgan fingerprint density at radius 2 is 1.58 bits per heavy atom. The van der Waals surface area contributed by atoms with Crippen LogP contribution >= 0.6 is 0 Å². The van der Waals surface area contributed by atoms with Crippen molar-refractivity contribution in [1.82, 2.24) is 15.0 Å². The quantitative estimate of drug-likeness (QED) is 0.660. The Morgan fingerprint density at radius 3 is 2.26 bits per heavy atom. The van der Waals surface area contributed by atoms with E-state index in [2.05, 4.69) is 37.0 Å². The van der Waals surface area contributed by atoms with E-state index in [1.165, 1.54) is 5.56 Å². The van der Waals surface area contributed by atoms with Crippen molar-refractivity contribution in [2.75, 3.05) is 0 Å². The highest BCUT2D eigenvalue weighted by Gasteiger charge is 2.19. The molecule has 0 aliphatic rings. The number of hydrogen-bond acceptors (Lipinski definition) is 2. The molecule has 0 saturated carbocycles. The highest BCUT2D eigenvalue weighted by molar-refractivity contribution is 5.78. The van der Waals surface area contributed by atoms with Crippen molar-refractivity contribution in [3.8, 4) is 5.69 Å². The summed E-state index contributed by atoms with van der Waals surface area (Å²) in [6.07, 6.45) is 0. The molecule has 0 bridgehead atoms. The molecule has 2 aromatic carbocycles. The molecular weight excluding hydrogens is 234 g/mol. The van der Waals surface area contributed by atoms with Gasteiger partial charge in [0, 0.05) is 0 Å². The van der Waals surface area contributed by atoms with Crippen molar-refractivity contribution < 1.29 is 0 Å². The number of para-hydroxylation sites is 1. The third-order valence-corrected chi connectivity index (χ3v) is 3.21. The predicted molar refractivity (Wildman–Crippen MR) is 77.6 cm³/mol. The molecule has 0 N–H and O–H groups in total. The molecule has 3 nitrogen and oxygen atoms in total. The Morgan fingerprint density at radius 1 is 0.842 bits per heavy atom. The van der Waals surface area contributed by atoms with Crippen LogP contribution in [0.4, 0.5) is 0 Å². The van der Waals surface area contributed by atoms with E-state index in [4.69, 9.17) is 0 Å². The first-order valence-electron chi connectivity index (χ1n) is 6.48. The summed E-state index contributed by atoms with van der Waals surface area (Å²) in [5.41, 5.74) is 4.21. The third kappa shape index (κ3) is 2.12. The van der Waals surface area contributed by atoms with Gasteiger partial charge in [0.25, 0.3) is 0 Å². The van der Waals surface area contributed by atoms with Crippen LogP contribution in [0.3, 0.4) is 0 Å². The maximum Gasteiger partial charge on any atom is 0.117 e. The second-order valence-corrected chi connectivity index (χ2v) is 5.75. The Hall–Kier alpha value is -2.16. The molecule has 96 valence electrons. The molecule has 19 heavy (non-hydrogen) atoms. The fourth-order valence-corrected chi connectivity index (χ4v) is 2.22. The average molecular weight is 251 g/mol. The number of benzene rings is 2. The van der Waals surface area contributed by atoms with Crippen LogP contribution in [-0.4, -0.2) is 15.0 Å². The van der Waals surface area contributed by atoms with E-state index in [1.807, 2.05) is 42.5 Å². The van der Waals surface area contributed by atoms with Crippen molar-refractivity contribution in [3.63, 3.8) is 0 Å². The molecule has 0 fully saturated rings. The average Bonchev–Trinajstić information content (AvgIpc) is 2.82. The molecule has 0 amide bonds. The van der Waals surface area contributed by atoms with Crippen molar-refractivity contribution in [2.45, 2.75) is 26.2 Å². The molecular formula is C16H17N3. The van der Waals surface area contributed by atoms with Crippen LogP contribution in [-0.2, 0) is 5.41 Å². The molecule has 3 heteroatoms. The van der Waals surface area contributed by atoms with Crippen molar-refractivity contribution in [2.24, 2.45) is 0 Å². The molecule has 0 saturated heterocycles. The smallest absolute Gasteiger partial charge is 0.117 e. The summed E-state index contributed by atoms with van der Waals surface area (Å²) in [6.45, 7) is 6.59. The van der Waals surface area contributed by atoms with Crippen LogP contribution in [0, 0.1) is 0 Å². The molecule has 3 rings (SSSR count). The predicted octanol–water partition coefficient (Wildman–Crippen LogP) is 3.72. The number of nitrogens with zero attached hydrogens (tertiary/aromatic N) is 3. The lowest BCUT2D eigenvalue weighted by molar-refractivity contribution is 0.593. The van der Waals surface area contributed by atoms with Gasteiger partial charge in [0.05, 0.1) is 5.69 Å². The summed E-state index contributed by atoms with van der Waals surface area (Å²) in [4.78, 5) is 1.71. The van der Waals surface area contributed by atoms with Crippen LogP contribution in [0.25, 0.3) is 16.7 Å². The van der Waals surface area contributed by atoms with Crippen molar-refractivity contribution in [1.29, 1.82) is 0 Å². The molecule has 0 unspecified atom stereocenters. The molecule has 3 aromatic rings. The minimum absolute atomic E-state index is 0.0665. The zero-order chi connectivity index (χ0) is 13.5. The SMILES string of the molecule is CC(C)(C)c1cccc2nn(-c3ccccc3)nc12. The Kier molecular flexibility index (Phi) is 2.63. The number of aromatic nitrogens is 3. The van der Waals surface area contributed by atoms with Gasteiger partial charge in [0.2, 0.25) is 0 Å². The van der Waals surface area contributed by atoms with E-state index in [1.54, 1.807) is 4.80 Å². The first-order valence-corrected chi connectivity index (χ1v) is 6.48. The number of fused-ring (bicyclic) bond motifs is 1. The largest absolute Gasteiger partial charge is 0.150 e. The van der Waals surface area contributed by atoms with E-state index >= 15 is 0 Å². The first-order chi connectivity index (χ1) is 9.05. The molecule has 1 heterocycles. The summed E-state index contributed by atoms with van der Waals surface area (Å²) in [6, 6.07) is 16.2. The molecule has 0 aliphatic heterocycles. The Bertz CT molecular complexity index is 706. The lowest BCUT2D eigenvalue weighted by Gasteiger charge is -2.18. The fourth-order valence-electron chi connectivity index (χ4n) is 2.22. The van der Waals surface area contributed by atoms with Crippen molar-refractivity contribution >= 4 is 11.0 Å². The van der Waals surface area contributed by atoms with Crippen molar-refractivity contribution in [3.05, 3.63) is 54.1 Å². The van der Waals surface area contributed by atoms with Crippen LogP contribution in [0.1, 0.15) is 26.3 Å². The summed E-state index contributed by atoms with van der Waals surface area (Å²) in [7, 11) is 0. The summed E-state index contributed by atoms with van der Waals surface area (Å²) in [5.74, 6) is 0. The van der Waals surface area contributed by atoms with Crippen LogP contribution in [0.15, 0.2) is 48.5 Å². The first kappa shape index (κ1) is 11.9. The zero-order valence-electron chi connectivity index (χ0n) is 11.5. The minimum Gasteiger partial charge on any atom is -0.150 e. The second-order valence-electron chi connectivity index (χ2n) is 5.75. The third-order valence-electron chi connectivity index (χ3n) is 3.21. The lowest BCUT2D eigenvalue weighted by atomic mass is 9.86.